The van der Waals surface area contributed by atoms with Crippen molar-refractivity contribution in [1.82, 2.24) is 5.32 Å². The van der Waals surface area contributed by atoms with Gasteiger partial charge in [-0.25, -0.2) is 0 Å². The predicted octanol–water partition coefficient (Wildman–Crippen LogP) is 4.33. The van der Waals surface area contributed by atoms with Crippen molar-refractivity contribution >= 4 is 23.1 Å². The number of thiophene rings is 1. The normalized spacial score (nSPS) is 22.7. The minimum Gasteiger partial charge on any atom is -0.380 e. The lowest BCUT2D eigenvalue weighted by molar-refractivity contribution is 0.123. The highest BCUT2D eigenvalue weighted by Gasteiger charge is 2.25. The second-order valence-corrected chi connectivity index (χ2v) is 8.25. The summed E-state index contributed by atoms with van der Waals surface area (Å²) in [7, 11) is 0. The molecule has 0 aliphatic carbocycles. The molecule has 0 fully saturated rings. The molecule has 0 saturated carbocycles. The second kappa shape index (κ2) is 7.67. The molecule has 4 heteroatoms. The highest BCUT2D eigenvalue weighted by atomic mass is 32.2. The molecule has 1 unspecified atom stereocenters. The Labute approximate surface area is 125 Å². The third kappa shape index (κ3) is 4.78. The second-order valence-electron chi connectivity index (χ2n) is 5.63. The SMILES string of the molecule is CC(C)CCOCCNC1C[C@H](C)Sc2sccc21. The number of hydrogen-bond acceptors (Lipinski definition) is 4. The first kappa shape index (κ1) is 15.4. The maximum Gasteiger partial charge on any atom is 0.0649 e. The van der Waals surface area contributed by atoms with Gasteiger partial charge in [-0.15, -0.1) is 23.1 Å². The summed E-state index contributed by atoms with van der Waals surface area (Å²) in [6.45, 7) is 9.46. The Hall–Kier alpha value is -0.0300. The van der Waals surface area contributed by atoms with Crippen molar-refractivity contribution in [2.24, 2.45) is 5.92 Å². The van der Waals surface area contributed by atoms with Gasteiger partial charge >= 0.3 is 0 Å². The number of nitrogens with one attached hydrogen (secondary N) is 1. The molecule has 1 aromatic rings. The molecule has 0 radical (unpaired) electrons. The highest BCUT2D eigenvalue weighted by molar-refractivity contribution is 8.01. The third-order valence-electron chi connectivity index (χ3n) is 3.39. The fourth-order valence-electron chi connectivity index (χ4n) is 2.27. The van der Waals surface area contributed by atoms with Gasteiger partial charge in [0.25, 0.3) is 0 Å². The Morgan fingerprint density at radius 2 is 2.26 bits per heavy atom. The van der Waals surface area contributed by atoms with Crippen molar-refractivity contribution in [2.45, 2.75) is 49.1 Å². The van der Waals surface area contributed by atoms with E-state index in [1.807, 2.05) is 23.1 Å². The van der Waals surface area contributed by atoms with Crippen LogP contribution in [-0.4, -0.2) is 25.0 Å². The summed E-state index contributed by atoms with van der Waals surface area (Å²) in [5.41, 5.74) is 1.50. The minimum absolute atomic E-state index is 0.520. The van der Waals surface area contributed by atoms with Crippen molar-refractivity contribution < 1.29 is 4.74 Å². The van der Waals surface area contributed by atoms with Crippen LogP contribution in [0.3, 0.4) is 0 Å². The van der Waals surface area contributed by atoms with Crippen LogP contribution in [0, 0.1) is 5.92 Å². The molecule has 0 aromatic carbocycles. The molecule has 1 aliphatic rings. The monoisotopic (exact) mass is 299 g/mol. The van der Waals surface area contributed by atoms with Crippen molar-refractivity contribution in [1.29, 1.82) is 0 Å². The molecule has 0 spiro atoms. The summed E-state index contributed by atoms with van der Waals surface area (Å²) in [5.74, 6) is 0.734. The number of thioether (sulfide) groups is 1. The van der Waals surface area contributed by atoms with Gasteiger partial charge < -0.3 is 10.1 Å². The molecular formula is C15H25NOS2. The molecule has 0 amide bonds. The largest absolute Gasteiger partial charge is 0.380 e. The average molecular weight is 300 g/mol. The Balaban J connectivity index is 1.69. The number of ether oxygens (including phenoxy) is 1. The quantitative estimate of drug-likeness (QED) is 0.757. The highest BCUT2D eigenvalue weighted by Crippen LogP contribution is 2.43. The van der Waals surface area contributed by atoms with Gasteiger partial charge in [0.15, 0.2) is 0 Å². The predicted molar refractivity (Wildman–Crippen MR) is 85.3 cm³/mol. The summed E-state index contributed by atoms with van der Waals surface area (Å²) in [6.07, 6.45) is 2.38. The van der Waals surface area contributed by atoms with Gasteiger partial charge in [0.05, 0.1) is 10.8 Å². The minimum atomic E-state index is 0.520. The Morgan fingerprint density at radius 1 is 1.42 bits per heavy atom. The third-order valence-corrected chi connectivity index (χ3v) is 5.73. The Bertz CT molecular complexity index is 378. The van der Waals surface area contributed by atoms with Gasteiger partial charge in [0.1, 0.15) is 0 Å². The van der Waals surface area contributed by atoms with Crippen molar-refractivity contribution in [3.63, 3.8) is 0 Å². The van der Waals surface area contributed by atoms with E-state index in [1.165, 1.54) is 16.2 Å². The molecular weight excluding hydrogens is 274 g/mol. The molecule has 0 bridgehead atoms. The lowest BCUT2D eigenvalue weighted by atomic mass is 10.1. The maximum absolute atomic E-state index is 5.67. The number of rotatable bonds is 7. The zero-order valence-electron chi connectivity index (χ0n) is 12.1. The van der Waals surface area contributed by atoms with Gasteiger partial charge in [-0.05, 0) is 35.8 Å². The molecule has 108 valence electrons. The van der Waals surface area contributed by atoms with E-state index in [4.69, 9.17) is 4.74 Å². The summed E-state index contributed by atoms with van der Waals surface area (Å²) >= 11 is 3.90. The van der Waals surface area contributed by atoms with E-state index in [0.717, 1.165) is 32.1 Å². The maximum atomic E-state index is 5.67. The fraction of sp³-hybridized carbons (Fsp3) is 0.733. The van der Waals surface area contributed by atoms with E-state index in [0.29, 0.717) is 11.3 Å². The van der Waals surface area contributed by atoms with Crippen LogP contribution in [0.25, 0.3) is 0 Å². The van der Waals surface area contributed by atoms with Gasteiger partial charge in [-0.3, -0.25) is 0 Å². The molecule has 1 aromatic heterocycles. The van der Waals surface area contributed by atoms with Crippen LogP contribution >= 0.6 is 23.1 Å². The van der Waals surface area contributed by atoms with Crippen molar-refractivity contribution in [3.05, 3.63) is 17.0 Å². The van der Waals surface area contributed by atoms with E-state index in [1.54, 1.807) is 0 Å². The van der Waals surface area contributed by atoms with E-state index in [-0.39, 0.29) is 0 Å². The van der Waals surface area contributed by atoms with Gasteiger partial charge in [0.2, 0.25) is 0 Å². The summed E-state index contributed by atoms with van der Waals surface area (Å²) in [5, 5.41) is 6.58. The molecule has 2 rings (SSSR count). The van der Waals surface area contributed by atoms with Crippen LogP contribution in [0.2, 0.25) is 0 Å². The van der Waals surface area contributed by atoms with E-state index >= 15 is 0 Å². The molecule has 2 nitrogen and oxygen atoms in total. The Kier molecular flexibility index (Phi) is 6.20. The molecule has 1 N–H and O–H groups in total. The van der Waals surface area contributed by atoms with E-state index in [9.17, 15) is 0 Å². The van der Waals surface area contributed by atoms with Crippen LogP contribution in [0.1, 0.15) is 45.2 Å². The zero-order chi connectivity index (χ0) is 13.7. The summed E-state index contributed by atoms with van der Waals surface area (Å²) in [4.78, 5) is 0. The smallest absolute Gasteiger partial charge is 0.0649 e. The van der Waals surface area contributed by atoms with Crippen LogP contribution < -0.4 is 5.32 Å². The lowest BCUT2D eigenvalue weighted by Crippen LogP contribution is -2.29. The van der Waals surface area contributed by atoms with Crippen LogP contribution in [0.4, 0.5) is 0 Å². The van der Waals surface area contributed by atoms with Crippen LogP contribution in [0.15, 0.2) is 15.7 Å². The van der Waals surface area contributed by atoms with Crippen LogP contribution in [0.5, 0.6) is 0 Å². The standard InChI is InChI=1S/C15H25NOS2/c1-11(2)4-7-17-8-6-16-14-10-12(3)19-15-13(14)5-9-18-15/h5,9,11-12,14,16H,4,6-8,10H2,1-3H3/t12-,14?/m0/s1. The van der Waals surface area contributed by atoms with Crippen LogP contribution in [-0.2, 0) is 4.74 Å². The average Bonchev–Trinajstić information content (AvgIpc) is 2.80. The van der Waals surface area contributed by atoms with E-state index in [2.05, 4.69) is 37.5 Å². The topological polar surface area (TPSA) is 21.3 Å². The molecule has 2 heterocycles. The van der Waals surface area contributed by atoms with Gasteiger partial charge in [-0.1, -0.05) is 20.8 Å². The van der Waals surface area contributed by atoms with Crippen molar-refractivity contribution in [3.8, 4) is 0 Å². The fourth-order valence-corrected chi connectivity index (χ4v) is 4.84. The van der Waals surface area contributed by atoms with Crippen molar-refractivity contribution in [2.75, 3.05) is 19.8 Å². The number of fused-ring (bicyclic) bond motifs is 1. The lowest BCUT2D eigenvalue weighted by Gasteiger charge is -2.27. The first-order valence-corrected chi connectivity index (χ1v) is 8.98. The summed E-state index contributed by atoms with van der Waals surface area (Å²) in [6, 6.07) is 2.79. The molecule has 19 heavy (non-hydrogen) atoms. The summed E-state index contributed by atoms with van der Waals surface area (Å²) < 4.78 is 7.16. The molecule has 2 atom stereocenters. The first-order valence-electron chi connectivity index (χ1n) is 7.22. The van der Waals surface area contributed by atoms with Gasteiger partial charge in [-0.2, -0.15) is 0 Å². The number of hydrogen-bond donors (Lipinski definition) is 1. The van der Waals surface area contributed by atoms with E-state index < -0.39 is 0 Å². The first-order chi connectivity index (χ1) is 9.16. The Morgan fingerprint density at radius 3 is 3.05 bits per heavy atom. The van der Waals surface area contributed by atoms with Gasteiger partial charge in [0, 0.05) is 24.4 Å². The molecule has 1 aliphatic heterocycles. The molecule has 0 saturated heterocycles. The zero-order valence-corrected chi connectivity index (χ0v) is 13.8.